The number of hydrogen-bond donors (Lipinski definition) is 2. The van der Waals surface area contributed by atoms with Crippen LogP contribution in [0.5, 0.6) is 0 Å². The number of hydrazine groups is 2. The smallest absolute Gasteiger partial charge is 0.287 e. The van der Waals surface area contributed by atoms with E-state index < -0.39 is 28.7 Å². The van der Waals surface area contributed by atoms with Crippen LogP contribution in [0.2, 0.25) is 0 Å². The van der Waals surface area contributed by atoms with Crippen molar-refractivity contribution in [3.63, 3.8) is 0 Å². The number of carbonyl (C=O) groups excluding carboxylic acids is 4. The first-order valence-electron chi connectivity index (χ1n) is 14.7. The van der Waals surface area contributed by atoms with Crippen molar-refractivity contribution in [2.45, 2.75) is 67.5 Å². The topological polar surface area (TPSA) is 145 Å². The normalized spacial score (nSPS) is 13.4. The van der Waals surface area contributed by atoms with Crippen molar-refractivity contribution in [2.75, 3.05) is 46.7 Å². The minimum atomic E-state index is -0.793. The number of anilines is 1. The second-order valence-corrected chi connectivity index (χ2v) is 13.9. The average Bonchev–Trinajstić information content (AvgIpc) is 2.92. The third-order valence-electron chi connectivity index (χ3n) is 6.82. The van der Waals surface area contributed by atoms with E-state index in [1.807, 2.05) is 44.9 Å². The van der Waals surface area contributed by atoms with Gasteiger partial charge in [0.25, 0.3) is 11.8 Å². The molecule has 44 heavy (non-hydrogen) atoms. The molecule has 0 spiro atoms. The van der Waals surface area contributed by atoms with Crippen LogP contribution < -0.4 is 11.3 Å². The Morgan fingerprint density at radius 3 is 1.84 bits per heavy atom. The molecule has 12 nitrogen and oxygen atoms in total. The minimum Gasteiger partial charge on any atom is -0.307 e. The van der Waals surface area contributed by atoms with Gasteiger partial charge in [-0.3, -0.25) is 34.6 Å². The number of pyridine rings is 2. The van der Waals surface area contributed by atoms with E-state index in [4.69, 9.17) is 5.84 Å². The monoisotopic (exact) mass is 610 g/mol. The summed E-state index contributed by atoms with van der Waals surface area (Å²) in [4.78, 5) is 67.1. The molecule has 2 unspecified atom stereocenters. The lowest BCUT2D eigenvalue weighted by atomic mass is 9.85. The molecule has 0 fully saturated rings. The molecule has 2 rings (SSSR count). The summed E-state index contributed by atoms with van der Waals surface area (Å²) in [5.74, 6) is 4.74. The molecule has 0 saturated heterocycles. The second-order valence-electron chi connectivity index (χ2n) is 13.9. The first-order chi connectivity index (χ1) is 20.2. The molecule has 0 aliphatic carbocycles. The molecule has 2 aromatic rings. The summed E-state index contributed by atoms with van der Waals surface area (Å²) in [6, 6.07) is 5.45. The fourth-order valence-corrected chi connectivity index (χ4v) is 4.55. The van der Waals surface area contributed by atoms with Crippen molar-refractivity contribution in [2.24, 2.45) is 16.7 Å². The lowest BCUT2D eigenvalue weighted by Gasteiger charge is -2.32. The third-order valence-corrected chi connectivity index (χ3v) is 6.82. The van der Waals surface area contributed by atoms with Crippen LogP contribution in [0.3, 0.4) is 0 Å². The van der Waals surface area contributed by atoms with Gasteiger partial charge in [-0.05, 0) is 66.3 Å². The summed E-state index contributed by atoms with van der Waals surface area (Å²) in [5.41, 5.74) is 1.71. The maximum absolute atomic E-state index is 14.1. The van der Waals surface area contributed by atoms with Gasteiger partial charge in [0, 0.05) is 35.7 Å². The summed E-state index contributed by atoms with van der Waals surface area (Å²) >= 11 is 0. The molecule has 3 N–H and O–H groups in total. The molecule has 242 valence electrons. The highest BCUT2D eigenvalue weighted by atomic mass is 16.2. The number of ketones is 2. The predicted molar refractivity (Wildman–Crippen MR) is 172 cm³/mol. The van der Waals surface area contributed by atoms with Crippen LogP contribution >= 0.6 is 0 Å². The van der Waals surface area contributed by atoms with Gasteiger partial charge in [0.2, 0.25) is 0 Å². The van der Waals surface area contributed by atoms with Crippen molar-refractivity contribution in [1.82, 2.24) is 29.8 Å². The van der Waals surface area contributed by atoms with E-state index in [2.05, 4.69) is 15.4 Å². The maximum atomic E-state index is 14.1. The van der Waals surface area contributed by atoms with E-state index in [-0.39, 0.29) is 45.9 Å². The molecule has 0 saturated carbocycles. The standard InChI is InChI=1S/C32H50N8O4/c1-20(18-37(9)10)39(33)30(44)26-22(27(41)31(3,4)5)15-16-24(35-26)36-40(21(2)19-38(11)12)29(43)23-14-13-17-34-25(23)28(42)32(6,7)8/h13-17,20-21H,18-19,33H2,1-12H3,(H,35,36). The van der Waals surface area contributed by atoms with E-state index in [1.54, 1.807) is 66.7 Å². The Morgan fingerprint density at radius 2 is 1.32 bits per heavy atom. The molecule has 0 bridgehead atoms. The van der Waals surface area contributed by atoms with Gasteiger partial charge in [0.15, 0.2) is 11.6 Å². The van der Waals surface area contributed by atoms with Crippen molar-refractivity contribution < 1.29 is 19.2 Å². The Morgan fingerprint density at radius 1 is 0.773 bits per heavy atom. The van der Waals surface area contributed by atoms with Crippen molar-refractivity contribution in [3.8, 4) is 0 Å². The van der Waals surface area contributed by atoms with Crippen LogP contribution in [-0.4, -0.2) is 107 Å². The van der Waals surface area contributed by atoms with E-state index in [1.165, 1.54) is 17.3 Å². The van der Waals surface area contributed by atoms with Crippen LogP contribution in [0.1, 0.15) is 97.1 Å². The Hall–Kier alpha value is -3.74. The highest BCUT2D eigenvalue weighted by Crippen LogP contribution is 2.26. The van der Waals surface area contributed by atoms with Gasteiger partial charge in [-0.2, -0.15) is 0 Å². The van der Waals surface area contributed by atoms with Crippen molar-refractivity contribution in [1.29, 1.82) is 0 Å². The van der Waals surface area contributed by atoms with Gasteiger partial charge in [0.1, 0.15) is 17.2 Å². The summed E-state index contributed by atoms with van der Waals surface area (Å²) in [5, 5.41) is 2.44. The third kappa shape index (κ3) is 9.13. The van der Waals surface area contributed by atoms with Gasteiger partial charge >= 0.3 is 0 Å². The summed E-state index contributed by atoms with van der Waals surface area (Å²) < 4.78 is 0. The molecule has 0 radical (unpaired) electrons. The number of amides is 2. The Bertz CT molecular complexity index is 1360. The molecular weight excluding hydrogens is 560 g/mol. The van der Waals surface area contributed by atoms with Gasteiger partial charge < -0.3 is 9.80 Å². The van der Waals surface area contributed by atoms with Crippen molar-refractivity contribution >= 4 is 29.2 Å². The lowest BCUT2D eigenvalue weighted by Crippen LogP contribution is -2.49. The molecule has 2 aromatic heterocycles. The van der Waals surface area contributed by atoms with Gasteiger partial charge in [-0.25, -0.2) is 15.8 Å². The highest BCUT2D eigenvalue weighted by molar-refractivity contribution is 6.10. The Balaban J connectivity index is 2.67. The summed E-state index contributed by atoms with van der Waals surface area (Å²) in [7, 11) is 7.50. The maximum Gasteiger partial charge on any atom is 0.287 e. The first-order valence-corrected chi connectivity index (χ1v) is 14.7. The number of hydrogen-bond acceptors (Lipinski definition) is 10. The van der Waals surface area contributed by atoms with Gasteiger partial charge in [-0.1, -0.05) is 41.5 Å². The zero-order valence-corrected chi connectivity index (χ0v) is 28.3. The number of nitrogens with one attached hydrogen (secondary N) is 1. The van der Waals surface area contributed by atoms with Crippen LogP contribution in [-0.2, 0) is 0 Å². The SMILES string of the molecule is CC(CN(C)C)N(N)C(=O)c1nc(NN(C(=O)c2cccnc2C(=O)C(C)(C)C)C(C)CN(C)C)ccc1C(=O)C(C)(C)C. The quantitative estimate of drug-likeness (QED) is 0.158. The first kappa shape index (κ1) is 36.5. The number of likely N-dealkylation sites (N-methyl/N-ethyl adjacent to an activating group) is 2. The van der Waals surface area contributed by atoms with Crippen LogP contribution in [0, 0.1) is 10.8 Å². The van der Waals surface area contributed by atoms with Gasteiger partial charge in [0.05, 0.1) is 17.6 Å². The molecular formula is C32H50N8O4. The van der Waals surface area contributed by atoms with Gasteiger partial charge in [-0.15, -0.1) is 0 Å². The largest absolute Gasteiger partial charge is 0.307 e. The van der Waals surface area contributed by atoms with Crippen molar-refractivity contribution in [3.05, 3.63) is 53.0 Å². The molecule has 2 heterocycles. The zero-order valence-electron chi connectivity index (χ0n) is 28.3. The van der Waals surface area contributed by atoms with E-state index in [0.29, 0.717) is 13.1 Å². The summed E-state index contributed by atoms with van der Waals surface area (Å²) in [6.45, 7) is 15.2. The predicted octanol–water partition coefficient (Wildman–Crippen LogP) is 3.62. The second kappa shape index (κ2) is 14.4. The molecule has 12 heteroatoms. The molecule has 0 aromatic carbocycles. The van der Waals surface area contributed by atoms with E-state index in [0.717, 1.165) is 5.01 Å². The average molecular weight is 611 g/mol. The Kier molecular flexibility index (Phi) is 11.9. The van der Waals surface area contributed by atoms with Crippen LogP contribution in [0.25, 0.3) is 0 Å². The highest BCUT2D eigenvalue weighted by Gasteiger charge is 2.34. The zero-order chi connectivity index (χ0) is 33.7. The summed E-state index contributed by atoms with van der Waals surface area (Å²) in [6.07, 6.45) is 1.48. The molecule has 2 atom stereocenters. The van der Waals surface area contributed by atoms with Crippen LogP contribution in [0.15, 0.2) is 30.5 Å². The fraction of sp³-hybridized carbons (Fsp3) is 0.562. The lowest BCUT2D eigenvalue weighted by molar-refractivity contribution is 0.0652. The number of carbonyl (C=O) groups is 4. The number of rotatable bonds is 12. The number of nitrogens with two attached hydrogens (primary N) is 1. The Labute approximate surface area is 261 Å². The molecule has 0 aliphatic heterocycles. The number of aromatic nitrogens is 2. The van der Waals surface area contributed by atoms with E-state index in [9.17, 15) is 19.2 Å². The molecule has 2 amide bonds. The van der Waals surface area contributed by atoms with E-state index >= 15 is 0 Å². The number of Topliss-reactive ketones (excluding diaryl/α,β-unsaturated/α-hetero) is 2. The minimum absolute atomic E-state index is 0.0671. The van der Waals surface area contributed by atoms with Crippen LogP contribution in [0.4, 0.5) is 5.82 Å². The molecule has 0 aliphatic rings. The number of nitrogens with zero attached hydrogens (tertiary/aromatic N) is 6. The fourth-order valence-electron chi connectivity index (χ4n) is 4.55.